The minimum atomic E-state index is -4.98. The summed E-state index contributed by atoms with van der Waals surface area (Å²) in [5.41, 5.74) is -3.56. The van der Waals surface area contributed by atoms with Gasteiger partial charge in [0.15, 0.2) is 5.60 Å². The smallest absolute Gasteiger partial charge is 0.421 e. The molecule has 0 aliphatic carbocycles. The normalized spacial score (nSPS) is 14.6. The first kappa shape index (κ1) is 17.4. The van der Waals surface area contributed by atoms with Gasteiger partial charge in [-0.2, -0.15) is 13.2 Å². The molecule has 1 aromatic heterocycles. The highest BCUT2D eigenvalue weighted by molar-refractivity contribution is 6.36. The van der Waals surface area contributed by atoms with Crippen LogP contribution in [0.25, 0.3) is 10.9 Å². The van der Waals surface area contributed by atoms with Crippen LogP contribution in [-0.2, 0) is 10.3 Å². The van der Waals surface area contributed by atoms with E-state index in [0.717, 1.165) is 0 Å². The molecule has 0 spiro atoms. The average Bonchev–Trinajstić information content (AvgIpc) is 2.77. The maximum atomic E-state index is 13.3. The van der Waals surface area contributed by atoms with Crippen molar-refractivity contribution >= 4 is 34.4 Å². The van der Waals surface area contributed by atoms with E-state index < -0.39 is 23.4 Å². The number of aromatic nitrogens is 1. The van der Waals surface area contributed by atoms with E-state index in [-0.39, 0.29) is 28.4 Å². The minimum Gasteiger partial charge on any atom is -0.450 e. The fraction of sp³-hybridized carbons (Fsp3) is 0.357. The number of halogens is 4. The van der Waals surface area contributed by atoms with Gasteiger partial charge in [-0.3, -0.25) is 5.32 Å². The number of hydrogen-bond donors (Lipinski definition) is 3. The molecule has 0 bridgehead atoms. The molecule has 0 fully saturated rings. The minimum absolute atomic E-state index is 0.00943. The predicted octanol–water partition coefficient (Wildman–Crippen LogP) is 4.16. The van der Waals surface area contributed by atoms with Gasteiger partial charge in [-0.05, 0) is 26.0 Å². The molecule has 2 rings (SSSR count). The molecular weight excluding hydrogens is 337 g/mol. The SMILES string of the molecule is CCOC(=O)Nc1[nH]c2cccc(Cl)c2c1C(C)(O)C(F)(F)F. The lowest BCUT2D eigenvalue weighted by molar-refractivity contribution is -0.258. The van der Waals surface area contributed by atoms with Crippen molar-refractivity contribution in [1.82, 2.24) is 4.98 Å². The number of ether oxygens (including phenoxy) is 1. The van der Waals surface area contributed by atoms with E-state index in [9.17, 15) is 23.1 Å². The first-order chi connectivity index (χ1) is 10.6. The summed E-state index contributed by atoms with van der Waals surface area (Å²) in [5.74, 6) is -0.325. The van der Waals surface area contributed by atoms with Gasteiger partial charge in [0, 0.05) is 16.5 Å². The second-order valence-electron chi connectivity index (χ2n) is 4.95. The monoisotopic (exact) mass is 350 g/mol. The Kier molecular flexibility index (Phi) is 4.50. The molecule has 126 valence electrons. The Morgan fingerprint density at radius 2 is 2.09 bits per heavy atom. The van der Waals surface area contributed by atoms with E-state index in [1.165, 1.54) is 18.2 Å². The lowest BCUT2D eigenvalue weighted by Gasteiger charge is -2.27. The summed E-state index contributed by atoms with van der Waals surface area (Å²) in [6.07, 6.45) is -5.93. The van der Waals surface area contributed by atoms with Gasteiger partial charge in [0.25, 0.3) is 0 Å². The molecule has 1 atom stereocenters. The van der Waals surface area contributed by atoms with Gasteiger partial charge in [-0.15, -0.1) is 0 Å². The highest BCUT2D eigenvalue weighted by Gasteiger charge is 2.54. The molecule has 0 radical (unpaired) electrons. The predicted molar refractivity (Wildman–Crippen MR) is 79.6 cm³/mol. The fourth-order valence-corrected chi connectivity index (χ4v) is 2.47. The zero-order valence-electron chi connectivity index (χ0n) is 12.2. The number of carbonyl (C=O) groups is 1. The Labute approximate surface area is 134 Å². The number of anilines is 1. The molecule has 9 heteroatoms. The summed E-state index contributed by atoms with van der Waals surface area (Å²) in [6.45, 7) is 2.18. The van der Waals surface area contributed by atoms with Crippen molar-refractivity contribution in [2.45, 2.75) is 25.6 Å². The van der Waals surface area contributed by atoms with Crippen LogP contribution in [0.4, 0.5) is 23.8 Å². The van der Waals surface area contributed by atoms with Gasteiger partial charge in [0.1, 0.15) is 5.82 Å². The second-order valence-corrected chi connectivity index (χ2v) is 5.36. The van der Waals surface area contributed by atoms with Gasteiger partial charge in [-0.25, -0.2) is 4.79 Å². The quantitative estimate of drug-likeness (QED) is 0.778. The summed E-state index contributed by atoms with van der Waals surface area (Å²) in [6, 6.07) is 4.40. The number of aliphatic hydroxyl groups is 1. The molecule has 23 heavy (non-hydrogen) atoms. The largest absolute Gasteiger partial charge is 0.450 e. The highest BCUT2D eigenvalue weighted by atomic mass is 35.5. The number of hydrogen-bond acceptors (Lipinski definition) is 3. The zero-order chi connectivity index (χ0) is 17.4. The zero-order valence-corrected chi connectivity index (χ0v) is 13.0. The Morgan fingerprint density at radius 1 is 1.43 bits per heavy atom. The summed E-state index contributed by atoms with van der Waals surface area (Å²) >= 11 is 5.99. The van der Waals surface area contributed by atoms with E-state index in [1.807, 2.05) is 0 Å². The third-order valence-electron chi connectivity index (χ3n) is 3.31. The molecule has 1 amide bonds. The molecule has 0 saturated heterocycles. The van der Waals surface area contributed by atoms with E-state index in [2.05, 4.69) is 15.0 Å². The summed E-state index contributed by atoms with van der Waals surface area (Å²) in [5, 5.41) is 12.2. The van der Waals surface area contributed by atoms with Gasteiger partial charge >= 0.3 is 12.3 Å². The Bertz CT molecular complexity index is 741. The number of H-pyrrole nitrogens is 1. The third-order valence-corrected chi connectivity index (χ3v) is 3.63. The summed E-state index contributed by atoms with van der Waals surface area (Å²) in [4.78, 5) is 14.2. The molecule has 0 aliphatic rings. The summed E-state index contributed by atoms with van der Waals surface area (Å²) < 4.78 is 44.5. The average molecular weight is 351 g/mol. The van der Waals surface area contributed by atoms with Crippen molar-refractivity contribution in [3.8, 4) is 0 Å². The molecule has 5 nitrogen and oxygen atoms in total. The molecule has 0 aliphatic heterocycles. The lowest BCUT2D eigenvalue weighted by atomic mass is 9.94. The first-order valence-corrected chi connectivity index (χ1v) is 7.01. The maximum absolute atomic E-state index is 13.3. The maximum Gasteiger partial charge on any atom is 0.421 e. The van der Waals surface area contributed by atoms with Crippen molar-refractivity contribution in [2.75, 3.05) is 11.9 Å². The topological polar surface area (TPSA) is 74.3 Å². The number of amides is 1. The molecule has 1 unspecified atom stereocenters. The van der Waals surface area contributed by atoms with Gasteiger partial charge in [0.05, 0.1) is 11.6 Å². The molecule has 3 N–H and O–H groups in total. The van der Waals surface area contributed by atoms with Crippen LogP contribution in [0.1, 0.15) is 19.4 Å². The molecule has 2 aromatic rings. The van der Waals surface area contributed by atoms with Gasteiger partial charge in [0.2, 0.25) is 0 Å². The van der Waals surface area contributed by atoms with Crippen LogP contribution in [0.15, 0.2) is 18.2 Å². The van der Waals surface area contributed by atoms with Crippen LogP contribution in [0.2, 0.25) is 5.02 Å². The van der Waals surface area contributed by atoms with Crippen LogP contribution in [0, 0.1) is 0 Å². The molecule has 0 saturated carbocycles. The van der Waals surface area contributed by atoms with Crippen LogP contribution in [-0.4, -0.2) is 29.0 Å². The van der Waals surface area contributed by atoms with E-state index in [4.69, 9.17) is 11.6 Å². The number of alkyl halides is 3. The molecule has 1 aromatic carbocycles. The summed E-state index contributed by atoms with van der Waals surface area (Å²) in [7, 11) is 0. The van der Waals surface area contributed by atoms with Crippen molar-refractivity contribution < 1.29 is 27.8 Å². The number of carbonyl (C=O) groups excluding carboxylic acids is 1. The van der Waals surface area contributed by atoms with E-state index in [0.29, 0.717) is 6.92 Å². The van der Waals surface area contributed by atoms with Crippen molar-refractivity contribution in [1.29, 1.82) is 0 Å². The Balaban J connectivity index is 2.70. The van der Waals surface area contributed by atoms with Crippen molar-refractivity contribution in [2.24, 2.45) is 0 Å². The third kappa shape index (κ3) is 3.09. The highest BCUT2D eigenvalue weighted by Crippen LogP contribution is 2.46. The number of nitrogens with one attached hydrogen (secondary N) is 2. The van der Waals surface area contributed by atoms with Crippen LogP contribution >= 0.6 is 11.6 Å². The fourth-order valence-electron chi connectivity index (χ4n) is 2.20. The van der Waals surface area contributed by atoms with Gasteiger partial charge in [-0.1, -0.05) is 17.7 Å². The van der Waals surface area contributed by atoms with E-state index in [1.54, 1.807) is 6.92 Å². The van der Waals surface area contributed by atoms with Crippen LogP contribution in [0.5, 0.6) is 0 Å². The Hall–Kier alpha value is -1.93. The lowest BCUT2D eigenvalue weighted by Crippen LogP contribution is -2.39. The number of rotatable bonds is 3. The van der Waals surface area contributed by atoms with Gasteiger partial charge < -0.3 is 14.8 Å². The molecule has 1 heterocycles. The first-order valence-electron chi connectivity index (χ1n) is 6.63. The number of benzene rings is 1. The van der Waals surface area contributed by atoms with Crippen LogP contribution < -0.4 is 5.32 Å². The van der Waals surface area contributed by atoms with Crippen LogP contribution in [0.3, 0.4) is 0 Å². The molecular formula is C14H14ClF3N2O3. The van der Waals surface area contributed by atoms with E-state index >= 15 is 0 Å². The standard InChI is InChI=1S/C14H14ClF3N2O3/c1-3-23-12(21)20-11-10(13(2,22)14(16,17)18)9-7(15)5-4-6-8(9)19-11/h4-6,19,22H,3H2,1-2H3,(H,20,21). The van der Waals surface area contributed by atoms with Crippen molar-refractivity contribution in [3.05, 3.63) is 28.8 Å². The number of aromatic amines is 1. The Morgan fingerprint density at radius 3 is 2.65 bits per heavy atom. The van der Waals surface area contributed by atoms with Crippen molar-refractivity contribution in [3.63, 3.8) is 0 Å². The number of fused-ring (bicyclic) bond motifs is 1. The second kappa shape index (κ2) is 5.93.